The number of rotatable bonds is 4. The minimum absolute atomic E-state index is 0.0157. The smallest absolute Gasteiger partial charge is 0.335 e. The lowest BCUT2D eigenvalue weighted by Crippen LogP contribution is -2.44. The molecule has 4 rings (SSSR count). The average Bonchev–Trinajstić information content (AvgIpc) is 2.72. The highest BCUT2D eigenvalue weighted by molar-refractivity contribution is 6.34. The van der Waals surface area contributed by atoms with E-state index in [-0.39, 0.29) is 40.0 Å². The van der Waals surface area contributed by atoms with Crippen molar-refractivity contribution in [2.75, 3.05) is 4.90 Å². The number of halogens is 1. The summed E-state index contributed by atoms with van der Waals surface area (Å²) in [4.78, 5) is 39.6. The lowest BCUT2D eigenvalue weighted by atomic mass is 9.70. The van der Waals surface area contributed by atoms with Gasteiger partial charge in [-0.15, -0.1) is 0 Å². The van der Waals surface area contributed by atoms with Gasteiger partial charge in [-0.25, -0.2) is 4.79 Å². The maximum absolute atomic E-state index is 13.4. The van der Waals surface area contributed by atoms with Crippen LogP contribution in [0.1, 0.15) is 49.0 Å². The number of aromatic carboxylic acids is 1. The maximum Gasteiger partial charge on any atom is 0.335 e. The molecule has 1 unspecified atom stereocenters. The highest BCUT2D eigenvalue weighted by atomic mass is 35.5. The van der Waals surface area contributed by atoms with Crippen molar-refractivity contribution in [1.29, 1.82) is 0 Å². The van der Waals surface area contributed by atoms with E-state index < -0.39 is 5.97 Å². The molecule has 0 aromatic heterocycles. The van der Waals surface area contributed by atoms with Gasteiger partial charge in [-0.1, -0.05) is 67.9 Å². The van der Waals surface area contributed by atoms with Crippen LogP contribution in [0.2, 0.25) is 5.02 Å². The molecule has 2 aromatic rings. The van der Waals surface area contributed by atoms with E-state index in [4.69, 9.17) is 11.6 Å². The van der Waals surface area contributed by atoms with Crippen LogP contribution in [0.5, 0.6) is 0 Å². The Morgan fingerprint density at radius 3 is 2.53 bits per heavy atom. The first-order chi connectivity index (χ1) is 15.2. The Hall–Kier alpha value is -3.18. The standard InChI is InChI=1S/C26H24ClNO4/c1-26(2)14-21-24(22(29)15-26)17(9-8-16-6-4-3-5-7-16)13-23(30)28(21)20-12-18(25(31)32)10-11-19(20)27/h3-12,17H,13-15H2,1-2H3,(H,31,32)/b9-8+. The zero-order valence-electron chi connectivity index (χ0n) is 18.0. The van der Waals surface area contributed by atoms with Crippen molar-refractivity contribution in [2.45, 2.75) is 33.1 Å². The van der Waals surface area contributed by atoms with E-state index in [2.05, 4.69) is 0 Å². The first-order valence-corrected chi connectivity index (χ1v) is 10.9. The van der Waals surface area contributed by atoms with E-state index in [1.807, 2.05) is 56.3 Å². The number of carboxylic acid groups (broad SMARTS) is 1. The Balaban J connectivity index is 1.84. The van der Waals surface area contributed by atoms with Gasteiger partial charge >= 0.3 is 5.97 Å². The van der Waals surface area contributed by atoms with E-state index in [1.165, 1.54) is 23.1 Å². The molecule has 1 aliphatic heterocycles. The third-order valence-electron chi connectivity index (χ3n) is 5.94. The normalized spacial score (nSPS) is 20.6. The van der Waals surface area contributed by atoms with E-state index in [9.17, 15) is 19.5 Å². The summed E-state index contributed by atoms with van der Waals surface area (Å²) in [5.74, 6) is -1.63. The molecule has 32 heavy (non-hydrogen) atoms. The van der Waals surface area contributed by atoms with Crippen LogP contribution in [-0.2, 0) is 9.59 Å². The lowest BCUT2D eigenvalue weighted by molar-refractivity contribution is -0.121. The van der Waals surface area contributed by atoms with Gasteiger partial charge in [0, 0.05) is 30.0 Å². The zero-order valence-corrected chi connectivity index (χ0v) is 18.7. The molecule has 1 amide bonds. The predicted molar refractivity (Wildman–Crippen MR) is 125 cm³/mol. The summed E-state index contributed by atoms with van der Waals surface area (Å²) < 4.78 is 0. The Bertz CT molecular complexity index is 1160. The number of carbonyl (C=O) groups excluding carboxylic acids is 2. The van der Waals surface area contributed by atoms with Gasteiger partial charge in [0.2, 0.25) is 5.91 Å². The fourth-order valence-electron chi connectivity index (χ4n) is 4.51. The fourth-order valence-corrected chi connectivity index (χ4v) is 4.71. The van der Waals surface area contributed by atoms with Crippen LogP contribution >= 0.6 is 11.6 Å². The topological polar surface area (TPSA) is 74.7 Å². The molecule has 2 aromatic carbocycles. The number of carboxylic acids is 1. The summed E-state index contributed by atoms with van der Waals surface area (Å²) in [5, 5.41) is 9.69. The molecule has 6 heteroatoms. The van der Waals surface area contributed by atoms with Crippen molar-refractivity contribution in [3.05, 3.63) is 82.0 Å². The Morgan fingerprint density at radius 1 is 1.12 bits per heavy atom. The number of hydrogen-bond donors (Lipinski definition) is 1. The maximum atomic E-state index is 13.4. The molecule has 0 fully saturated rings. The van der Waals surface area contributed by atoms with Crippen molar-refractivity contribution >= 4 is 41.0 Å². The largest absolute Gasteiger partial charge is 0.478 e. The van der Waals surface area contributed by atoms with Gasteiger partial charge in [0.25, 0.3) is 0 Å². The van der Waals surface area contributed by atoms with Crippen molar-refractivity contribution < 1.29 is 19.5 Å². The molecule has 0 radical (unpaired) electrons. The zero-order chi connectivity index (χ0) is 23.0. The lowest BCUT2D eigenvalue weighted by Gasteiger charge is -2.42. The van der Waals surface area contributed by atoms with Crippen LogP contribution in [0.3, 0.4) is 0 Å². The summed E-state index contributed by atoms with van der Waals surface area (Å²) in [6.07, 6.45) is 4.88. The number of allylic oxidation sites excluding steroid dienone is 3. The van der Waals surface area contributed by atoms with E-state index in [1.54, 1.807) is 0 Å². The summed E-state index contributed by atoms with van der Waals surface area (Å²) in [6.45, 7) is 3.99. The first-order valence-electron chi connectivity index (χ1n) is 10.5. The number of Topliss-reactive ketones (excluding diaryl/α,β-unsaturated/α-hetero) is 1. The van der Waals surface area contributed by atoms with E-state index >= 15 is 0 Å². The number of carbonyl (C=O) groups is 3. The molecule has 0 saturated heterocycles. The second-order valence-electron chi connectivity index (χ2n) is 9.08. The fraction of sp³-hybridized carbons (Fsp3) is 0.269. The summed E-state index contributed by atoms with van der Waals surface area (Å²) in [7, 11) is 0. The predicted octanol–water partition coefficient (Wildman–Crippen LogP) is 5.75. The number of benzene rings is 2. The highest BCUT2D eigenvalue weighted by Gasteiger charge is 2.43. The number of ketones is 1. The second kappa shape index (κ2) is 8.40. The van der Waals surface area contributed by atoms with E-state index in [0.29, 0.717) is 29.8 Å². The summed E-state index contributed by atoms with van der Waals surface area (Å²) in [6, 6.07) is 14.0. The molecule has 0 bridgehead atoms. The number of amides is 1. The highest BCUT2D eigenvalue weighted by Crippen LogP contribution is 2.47. The first kappa shape index (κ1) is 22.0. The molecule has 164 valence electrons. The van der Waals surface area contributed by atoms with Gasteiger partial charge in [0.05, 0.1) is 16.3 Å². The molecule has 0 spiro atoms. The van der Waals surface area contributed by atoms with Crippen molar-refractivity contribution in [3.8, 4) is 0 Å². The monoisotopic (exact) mass is 449 g/mol. The van der Waals surface area contributed by atoms with Crippen molar-refractivity contribution in [2.24, 2.45) is 11.3 Å². The average molecular weight is 450 g/mol. The van der Waals surface area contributed by atoms with E-state index in [0.717, 1.165) is 5.56 Å². The third-order valence-corrected chi connectivity index (χ3v) is 6.26. The van der Waals surface area contributed by atoms with Gasteiger partial charge < -0.3 is 5.11 Å². The Kier molecular flexibility index (Phi) is 5.78. The Morgan fingerprint density at radius 2 is 1.84 bits per heavy atom. The third kappa shape index (κ3) is 4.26. The number of nitrogens with zero attached hydrogens (tertiary/aromatic N) is 1. The SMILES string of the molecule is CC1(C)CC(=O)C2=C(C1)N(c1cc(C(=O)O)ccc1Cl)C(=O)CC2/C=C/c1ccccc1. The van der Waals surface area contributed by atoms with Crippen LogP contribution < -0.4 is 4.90 Å². The van der Waals surface area contributed by atoms with Gasteiger partial charge in [-0.3, -0.25) is 14.5 Å². The van der Waals surface area contributed by atoms with Gasteiger partial charge in [0.15, 0.2) is 5.78 Å². The minimum Gasteiger partial charge on any atom is -0.478 e. The molecular weight excluding hydrogens is 426 g/mol. The van der Waals surface area contributed by atoms with Crippen LogP contribution in [-0.4, -0.2) is 22.8 Å². The van der Waals surface area contributed by atoms with Crippen LogP contribution in [0.15, 0.2) is 65.9 Å². The van der Waals surface area contributed by atoms with Crippen LogP contribution in [0, 0.1) is 11.3 Å². The summed E-state index contributed by atoms with van der Waals surface area (Å²) in [5.41, 5.74) is 2.25. The molecular formula is C26H24ClNO4. The van der Waals surface area contributed by atoms with Gasteiger partial charge in [0.1, 0.15) is 0 Å². The molecule has 1 N–H and O–H groups in total. The van der Waals surface area contributed by atoms with Crippen molar-refractivity contribution in [3.63, 3.8) is 0 Å². The number of anilines is 1. The van der Waals surface area contributed by atoms with Crippen molar-refractivity contribution in [1.82, 2.24) is 0 Å². The quantitative estimate of drug-likeness (QED) is 0.645. The molecule has 1 heterocycles. The molecule has 1 aliphatic carbocycles. The van der Waals surface area contributed by atoms with Gasteiger partial charge in [-0.2, -0.15) is 0 Å². The minimum atomic E-state index is -1.11. The second-order valence-corrected chi connectivity index (χ2v) is 9.49. The van der Waals surface area contributed by atoms with Crippen LogP contribution in [0.25, 0.3) is 6.08 Å². The van der Waals surface area contributed by atoms with Crippen LogP contribution in [0.4, 0.5) is 5.69 Å². The molecule has 0 saturated carbocycles. The molecule has 2 aliphatic rings. The number of hydrogen-bond acceptors (Lipinski definition) is 3. The molecule has 5 nitrogen and oxygen atoms in total. The molecule has 1 atom stereocenters. The van der Waals surface area contributed by atoms with Gasteiger partial charge in [-0.05, 0) is 35.6 Å². The Labute approximate surface area is 192 Å². The summed E-state index contributed by atoms with van der Waals surface area (Å²) >= 11 is 6.41.